The van der Waals surface area contributed by atoms with Gasteiger partial charge < -0.3 is 19.5 Å². The highest BCUT2D eigenvalue weighted by atomic mass is 19.3. The third-order valence-corrected chi connectivity index (χ3v) is 3.24. The maximum Gasteiger partial charge on any atom is 0.387 e. The number of halogens is 2. The number of benzene rings is 2. The number of ether oxygens (including phenoxy) is 3. The quantitative estimate of drug-likeness (QED) is 0.920. The summed E-state index contributed by atoms with van der Waals surface area (Å²) in [4.78, 5) is 12.1. The van der Waals surface area contributed by atoms with Gasteiger partial charge in [0.05, 0.1) is 0 Å². The Morgan fingerprint density at radius 2 is 1.87 bits per heavy atom. The van der Waals surface area contributed by atoms with Gasteiger partial charge in [-0.05, 0) is 35.9 Å². The molecule has 0 aliphatic carbocycles. The van der Waals surface area contributed by atoms with Crippen molar-refractivity contribution in [2.75, 3.05) is 6.79 Å². The van der Waals surface area contributed by atoms with Crippen LogP contribution in [0.25, 0.3) is 0 Å². The van der Waals surface area contributed by atoms with E-state index in [1.54, 1.807) is 30.3 Å². The van der Waals surface area contributed by atoms with E-state index in [4.69, 9.17) is 9.47 Å². The summed E-state index contributed by atoms with van der Waals surface area (Å²) in [7, 11) is 0. The Kier molecular flexibility index (Phi) is 4.27. The molecular formula is C16H13F2NO4. The molecule has 1 aliphatic rings. The average molecular weight is 321 g/mol. The highest BCUT2D eigenvalue weighted by molar-refractivity contribution is 5.94. The zero-order valence-corrected chi connectivity index (χ0v) is 11.9. The first-order valence-corrected chi connectivity index (χ1v) is 6.83. The highest BCUT2D eigenvalue weighted by Gasteiger charge is 2.16. The number of alkyl halides is 2. The summed E-state index contributed by atoms with van der Waals surface area (Å²) in [6.45, 7) is -2.44. The topological polar surface area (TPSA) is 56.8 Å². The minimum atomic E-state index is -2.86. The third-order valence-electron chi connectivity index (χ3n) is 3.24. The zero-order valence-electron chi connectivity index (χ0n) is 11.9. The normalized spacial score (nSPS) is 12.3. The Labute approximate surface area is 130 Å². The van der Waals surface area contributed by atoms with E-state index in [1.165, 1.54) is 12.1 Å². The number of hydrogen-bond donors (Lipinski definition) is 1. The van der Waals surface area contributed by atoms with Crippen molar-refractivity contribution in [2.24, 2.45) is 0 Å². The van der Waals surface area contributed by atoms with Gasteiger partial charge in [-0.15, -0.1) is 0 Å². The van der Waals surface area contributed by atoms with Crippen molar-refractivity contribution in [3.05, 3.63) is 53.6 Å². The van der Waals surface area contributed by atoms with E-state index in [9.17, 15) is 13.6 Å². The van der Waals surface area contributed by atoms with Gasteiger partial charge in [-0.1, -0.05) is 12.1 Å². The molecule has 0 unspecified atom stereocenters. The van der Waals surface area contributed by atoms with Gasteiger partial charge in [0.2, 0.25) is 6.79 Å². The molecule has 1 amide bonds. The maximum atomic E-state index is 12.1. The minimum Gasteiger partial charge on any atom is -0.454 e. The van der Waals surface area contributed by atoms with Crippen LogP contribution in [-0.4, -0.2) is 19.3 Å². The van der Waals surface area contributed by atoms with Crippen molar-refractivity contribution in [1.29, 1.82) is 0 Å². The molecule has 120 valence electrons. The third kappa shape index (κ3) is 3.68. The lowest BCUT2D eigenvalue weighted by Gasteiger charge is -2.08. The smallest absolute Gasteiger partial charge is 0.387 e. The van der Waals surface area contributed by atoms with Crippen molar-refractivity contribution in [3.63, 3.8) is 0 Å². The van der Waals surface area contributed by atoms with Crippen molar-refractivity contribution in [3.8, 4) is 17.2 Å². The Bertz CT molecular complexity index is 704. The van der Waals surface area contributed by atoms with Crippen molar-refractivity contribution < 1.29 is 27.8 Å². The predicted molar refractivity (Wildman–Crippen MR) is 76.8 cm³/mol. The molecule has 0 saturated carbocycles. The van der Waals surface area contributed by atoms with Crippen LogP contribution in [0.2, 0.25) is 0 Å². The van der Waals surface area contributed by atoms with Crippen LogP contribution in [0, 0.1) is 0 Å². The molecule has 3 rings (SSSR count). The molecular weight excluding hydrogens is 308 g/mol. The summed E-state index contributed by atoms with van der Waals surface area (Å²) < 4.78 is 38.8. The SMILES string of the molecule is O=C(NCc1ccc(OC(F)F)cc1)c1ccc2c(c1)OCO2. The number of fused-ring (bicyclic) bond motifs is 1. The van der Waals surface area contributed by atoms with Gasteiger partial charge in [-0.25, -0.2) is 0 Å². The van der Waals surface area contributed by atoms with E-state index in [2.05, 4.69) is 10.1 Å². The Balaban J connectivity index is 1.58. The van der Waals surface area contributed by atoms with Crippen LogP contribution in [0.3, 0.4) is 0 Å². The summed E-state index contributed by atoms with van der Waals surface area (Å²) in [5.74, 6) is 0.948. The maximum absolute atomic E-state index is 12.1. The molecule has 0 atom stereocenters. The molecule has 7 heteroatoms. The molecule has 2 aromatic rings. The second-order valence-corrected chi connectivity index (χ2v) is 4.77. The minimum absolute atomic E-state index is 0.0749. The Morgan fingerprint density at radius 3 is 2.61 bits per heavy atom. The number of nitrogens with one attached hydrogen (secondary N) is 1. The van der Waals surface area contributed by atoms with E-state index < -0.39 is 6.61 Å². The summed E-state index contributed by atoms with van der Waals surface area (Å²) in [6, 6.07) is 11.0. The van der Waals surface area contributed by atoms with E-state index in [1.807, 2.05) is 0 Å². The van der Waals surface area contributed by atoms with Gasteiger partial charge in [0.15, 0.2) is 11.5 Å². The monoisotopic (exact) mass is 321 g/mol. The van der Waals surface area contributed by atoms with Gasteiger partial charge >= 0.3 is 6.61 Å². The number of carbonyl (C=O) groups excluding carboxylic acids is 1. The average Bonchev–Trinajstić information content (AvgIpc) is 3.01. The van der Waals surface area contributed by atoms with Gasteiger partial charge in [0.25, 0.3) is 5.91 Å². The van der Waals surface area contributed by atoms with Crippen LogP contribution in [0.1, 0.15) is 15.9 Å². The molecule has 2 aromatic carbocycles. The van der Waals surface area contributed by atoms with E-state index in [0.29, 0.717) is 17.1 Å². The van der Waals surface area contributed by atoms with Gasteiger partial charge in [0, 0.05) is 12.1 Å². The molecule has 0 radical (unpaired) electrons. The lowest BCUT2D eigenvalue weighted by molar-refractivity contribution is -0.0498. The fraction of sp³-hybridized carbons (Fsp3) is 0.188. The number of hydrogen-bond acceptors (Lipinski definition) is 4. The second-order valence-electron chi connectivity index (χ2n) is 4.77. The van der Waals surface area contributed by atoms with E-state index >= 15 is 0 Å². The van der Waals surface area contributed by atoms with Crippen molar-refractivity contribution >= 4 is 5.91 Å². The Hall–Kier alpha value is -2.83. The summed E-state index contributed by atoms with van der Waals surface area (Å²) in [5.41, 5.74) is 1.22. The molecule has 23 heavy (non-hydrogen) atoms. The molecule has 0 saturated heterocycles. The lowest BCUT2D eigenvalue weighted by atomic mass is 10.1. The zero-order chi connectivity index (χ0) is 16.2. The van der Waals surface area contributed by atoms with Crippen molar-refractivity contribution in [2.45, 2.75) is 13.2 Å². The van der Waals surface area contributed by atoms with Gasteiger partial charge in [-0.2, -0.15) is 8.78 Å². The molecule has 0 bridgehead atoms. The predicted octanol–water partition coefficient (Wildman–Crippen LogP) is 2.95. The standard InChI is InChI=1S/C16H13F2NO4/c17-16(18)23-12-4-1-10(2-5-12)8-19-15(20)11-3-6-13-14(7-11)22-9-21-13/h1-7,16H,8-9H2,(H,19,20). The largest absolute Gasteiger partial charge is 0.454 e. The molecule has 1 aliphatic heterocycles. The first kappa shape index (κ1) is 15.1. The van der Waals surface area contributed by atoms with Crippen LogP contribution < -0.4 is 19.5 Å². The second kappa shape index (κ2) is 6.51. The van der Waals surface area contributed by atoms with Gasteiger partial charge in [-0.3, -0.25) is 4.79 Å². The number of amides is 1. The van der Waals surface area contributed by atoms with Gasteiger partial charge in [0.1, 0.15) is 5.75 Å². The van der Waals surface area contributed by atoms with Crippen LogP contribution in [0.15, 0.2) is 42.5 Å². The molecule has 5 nitrogen and oxygen atoms in total. The summed E-state index contributed by atoms with van der Waals surface area (Å²) in [5, 5.41) is 2.74. The summed E-state index contributed by atoms with van der Waals surface area (Å²) in [6.07, 6.45) is 0. The lowest BCUT2D eigenvalue weighted by Crippen LogP contribution is -2.22. The number of rotatable bonds is 5. The number of carbonyl (C=O) groups is 1. The van der Waals surface area contributed by atoms with Crippen LogP contribution in [0.4, 0.5) is 8.78 Å². The van der Waals surface area contributed by atoms with E-state index in [-0.39, 0.29) is 25.0 Å². The fourth-order valence-corrected chi connectivity index (χ4v) is 2.11. The summed E-state index contributed by atoms with van der Waals surface area (Å²) >= 11 is 0. The Morgan fingerprint density at radius 1 is 1.13 bits per heavy atom. The molecule has 1 heterocycles. The highest BCUT2D eigenvalue weighted by Crippen LogP contribution is 2.32. The first-order valence-electron chi connectivity index (χ1n) is 6.83. The van der Waals surface area contributed by atoms with Crippen molar-refractivity contribution in [1.82, 2.24) is 5.32 Å². The molecule has 0 aromatic heterocycles. The molecule has 0 fully saturated rings. The molecule has 1 N–H and O–H groups in total. The van der Waals surface area contributed by atoms with Crippen LogP contribution in [-0.2, 0) is 6.54 Å². The first-order chi connectivity index (χ1) is 11.1. The van der Waals surface area contributed by atoms with E-state index in [0.717, 1.165) is 5.56 Å². The fourth-order valence-electron chi connectivity index (χ4n) is 2.11. The van der Waals surface area contributed by atoms with Crippen LogP contribution >= 0.6 is 0 Å². The molecule has 0 spiro atoms. The van der Waals surface area contributed by atoms with Crippen LogP contribution in [0.5, 0.6) is 17.2 Å².